The highest BCUT2D eigenvalue weighted by Crippen LogP contribution is 2.27. The Kier molecular flexibility index (Phi) is 3.54. The number of imidazole rings is 1. The first-order valence-electron chi connectivity index (χ1n) is 7.95. The van der Waals surface area contributed by atoms with Crippen LogP contribution in [0, 0.1) is 0 Å². The number of hydrogen-bond donors (Lipinski definition) is 1. The van der Waals surface area contributed by atoms with Crippen LogP contribution < -0.4 is 0 Å². The summed E-state index contributed by atoms with van der Waals surface area (Å²) >= 11 is 0. The zero-order chi connectivity index (χ0) is 16.7. The number of pyridine rings is 1. The maximum atomic E-state index is 12.9. The molecule has 4 rings (SSSR count). The number of aliphatic hydroxyl groups excluding tert-OH is 1. The van der Waals surface area contributed by atoms with E-state index in [0.717, 1.165) is 16.8 Å². The monoisotopic (exact) mass is 322 g/mol. The predicted molar refractivity (Wildman–Crippen MR) is 89.3 cm³/mol. The van der Waals surface area contributed by atoms with Crippen LogP contribution >= 0.6 is 0 Å². The number of fused-ring (bicyclic) bond motifs is 2. The van der Waals surface area contributed by atoms with E-state index in [-0.39, 0.29) is 5.91 Å². The van der Waals surface area contributed by atoms with Gasteiger partial charge in [0.25, 0.3) is 5.91 Å². The molecular weight excluding hydrogens is 304 g/mol. The van der Waals surface area contributed by atoms with Crippen LogP contribution in [0.3, 0.4) is 0 Å². The summed E-state index contributed by atoms with van der Waals surface area (Å²) in [5.41, 5.74) is 3.88. The van der Waals surface area contributed by atoms with Gasteiger partial charge in [-0.05, 0) is 23.6 Å². The highest BCUT2D eigenvalue weighted by molar-refractivity contribution is 5.96. The first-order chi connectivity index (χ1) is 11.6. The van der Waals surface area contributed by atoms with Crippen LogP contribution in [-0.4, -0.2) is 37.0 Å². The Morgan fingerprint density at radius 2 is 2.12 bits per heavy atom. The van der Waals surface area contributed by atoms with Crippen LogP contribution in [0.4, 0.5) is 0 Å². The van der Waals surface area contributed by atoms with Crippen LogP contribution in [-0.2, 0) is 13.6 Å². The number of aliphatic hydroxyl groups is 1. The summed E-state index contributed by atoms with van der Waals surface area (Å²) in [7, 11) is 1.87. The van der Waals surface area contributed by atoms with Gasteiger partial charge >= 0.3 is 0 Å². The third-order valence-electron chi connectivity index (χ3n) is 4.53. The van der Waals surface area contributed by atoms with Crippen molar-refractivity contribution in [1.82, 2.24) is 19.4 Å². The fourth-order valence-electron chi connectivity index (χ4n) is 3.21. The molecule has 1 N–H and O–H groups in total. The molecule has 1 aliphatic heterocycles. The van der Waals surface area contributed by atoms with E-state index in [1.165, 1.54) is 0 Å². The van der Waals surface area contributed by atoms with E-state index < -0.39 is 6.10 Å². The van der Waals surface area contributed by atoms with Crippen molar-refractivity contribution in [2.45, 2.75) is 19.1 Å². The number of aromatic nitrogens is 3. The summed E-state index contributed by atoms with van der Waals surface area (Å²) in [6.07, 6.45) is 3.28. The van der Waals surface area contributed by atoms with Gasteiger partial charge in [-0.2, -0.15) is 0 Å². The number of aryl methyl sites for hydroxylation is 1. The molecule has 0 saturated carbocycles. The van der Waals surface area contributed by atoms with Gasteiger partial charge in [0, 0.05) is 26.3 Å². The molecule has 6 heteroatoms. The maximum absolute atomic E-state index is 12.9. The van der Waals surface area contributed by atoms with Crippen molar-refractivity contribution in [3.05, 3.63) is 59.5 Å². The number of amides is 1. The van der Waals surface area contributed by atoms with Crippen molar-refractivity contribution < 1.29 is 9.90 Å². The lowest BCUT2D eigenvalue weighted by Gasteiger charge is -2.20. The highest BCUT2D eigenvalue weighted by Gasteiger charge is 2.24. The Bertz CT molecular complexity index is 918. The van der Waals surface area contributed by atoms with Gasteiger partial charge in [-0.1, -0.05) is 24.3 Å². The number of nitrogens with zero attached hydrogens (tertiary/aromatic N) is 4. The lowest BCUT2D eigenvalue weighted by atomic mass is 10.0. The van der Waals surface area contributed by atoms with E-state index in [1.807, 2.05) is 35.9 Å². The second-order valence-electron chi connectivity index (χ2n) is 6.15. The van der Waals surface area contributed by atoms with Gasteiger partial charge in [-0.25, -0.2) is 9.97 Å². The number of rotatable bonds is 1. The van der Waals surface area contributed by atoms with E-state index in [9.17, 15) is 9.90 Å². The fourth-order valence-corrected chi connectivity index (χ4v) is 3.21. The van der Waals surface area contributed by atoms with Crippen molar-refractivity contribution in [2.75, 3.05) is 6.54 Å². The third kappa shape index (κ3) is 2.45. The van der Waals surface area contributed by atoms with Gasteiger partial charge in [-0.3, -0.25) is 4.79 Å². The molecule has 1 atom stereocenters. The summed E-state index contributed by atoms with van der Waals surface area (Å²) in [5, 5.41) is 10.3. The quantitative estimate of drug-likeness (QED) is 0.744. The van der Waals surface area contributed by atoms with Crippen LogP contribution in [0.15, 0.2) is 42.9 Å². The van der Waals surface area contributed by atoms with E-state index in [0.29, 0.717) is 30.6 Å². The van der Waals surface area contributed by atoms with E-state index >= 15 is 0 Å². The average Bonchev–Trinajstić information content (AvgIpc) is 2.89. The molecular formula is C18H18N4O2. The molecule has 0 bridgehead atoms. The van der Waals surface area contributed by atoms with Crippen LogP contribution in [0.1, 0.15) is 34.0 Å². The van der Waals surface area contributed by atoms with Crippen LogP contribution in [0.25, 0.3) is 11.2 Å². The molecule has 0 spiro atoms. The summed E-state index contributed by atoms with van der Waals surface area (Å²) in [6, 6.07) is 9.51. The summed E-state index contributed by atoms with van der Waals surface area (Å²) in [6.45, 7) is 1.00. The van der Waals surface area contributed by atoms with Gasteiger partial charge in [0.1, 0.15) is 5.52 Å². The minimum absolute atomic E-state index is 0.0843. The Balaban J connectivity index is 1.66. The molecule has 0 aliphatic carbocycles. The van der Waals surface area contributed by atoms with Gasteiger partial charge in [0.15, 0.2) is 5.65 Å². The zero-order valence-corrected chi connectivity index (χ0v) is 13.4. The van der Waals surface area contributed by atoms with Crippen molar-refractivity contribution in [1.29, 1.82) is 0 Å². The normalized spacial score (nSPS) is 17.6. The Labute approximate surface area is 139 Å². The van der Waals surface area contributed by atoms with Crippen molar-refractivity contribution in [3.8, 4) is 0 Å². The van der Waals surface area contributed by atoms with Crippen LogP contribution in [0.2, 0.25) is 0 Å². The summed E-state index contributed by atoms with van der Waals surface area (Å²) < 4.78 is 1.82. The zero-order valence-electron chi connectivity index (χ0n) is 13.4. The van der Waals surface area contributed by atoms with Gasteiger partial charge < -0.3 is 14.6 Å². The molecule has 3 heterocycles. The summed E-state index contributed by atoms with van der Waals surface area (Å²) in [5.74, 6) is -0.0843. The number of carbonyl (C=O) groups excluding carboxylic acids is 1. The standard InChI is InChI=1S/C18H18N4O2/c1-21-11-20-15-8-13(9-19-17(15)21)18(24)22-7-6-16(23)14-5-3-2-4-12(14)10-22/h2-5,8-9,11,16,23H,6-7,10H2,1H3. The Morgan fingerprint density at radius 1 is 1.29 bits per heavy atom. The predicted octanol–water partition coefficient (Wildman–Crippen LogP) is 2.05. The van der Waals surface area contributed by atoms with E-state index in [1.54, 1.807) is 23.5 Å². The lowest BCUT2D eigenvalue weighted by Crippen LogP contribution is -2.30. The molecule has 1 amide bonds. The molecule has 0 radical (unpaired) electrons. The molecule has 1 aliphatic rings. The van der Waals surface area contributed by atoms with Gasteiger partial charge in [0.05, 0.1) is 18.0 Å². The molecule has 6 nitrogen and oxygen atoms in total. The average molecular weight is 322 g/mol. The third-order valence-corrected chi connectivity index (χ3v) is 4.53. The largest absolute Gasteiger partial charge is 0.388 e. The molecule has 0 fully saturated rings. The molecule has 122 valence electrons. The molecule has 0 saturated heterocycles. The number of benzene rings is 1. The number of hydrogen-bond acceptors (Lipinski definition) is 4. The molecule has 1 aromatic carbocycles. The molecule has 24 heavy (non-hydrogen) atoms. The highest BCUT2D eigenvalue weighted by atomic mass is 16.3. The fraction of sp³-hybridized carbons (Fsp3) is 0.278. The first-order valence-corrected chi connectivity index (χ1v) is 7.95. The lowest BCUT2D eigenvalue weighted by molar-refractivity contribution is 0.0722. The second-order valence-corrected chi connectivity index (χ2v) is 6.15. The van der Waals surface area contributed by atoms with E-state index in [2.05, 4.69) is 9.97 Å². The van der Waals surface area contributed by atoms with E-state index in [4.69, 9.17) is 0 Å². The SMILES string of the molecule is Cn1cnc2cc(C(=O)N3CCC(O)c4ccccc4C3)cnc21. The van der Waals surface area contributed by atoms with Crippen molar-refractivity contribution in [2.24, 2.45) is 7.05 Å². The van der Waals surface area contributed by atoms with Crippen molar-refractivity contribution >= 4 is 17.1 Å². The summed E-state index contributed by atoms with van der Waals surface area (Å²) in [4.78, 5) is 23.3. The Morgan fingerprint density at radius 3 is 3.00 bits per heavy atom. The Hall–Kier alpha value is -2.73. The maximum Gasteiger partial charge on any atom is 0.255 e. The minimum atomic E-state index is -0.532. The molecule has 3 aromatic rings. The number of carbonyl (C=O) groups is 1. The molecule has 2 aromatic heterocycles. The van der Waals surface area contributed by atoms with Gasteiger partial charge in [-0.15, -0.1) is 0 Å². The first kappa shape index (κ1) is 14.8. The smallest absolute Gasteiger partial charge is 0.255 e. The van der Waals surface area contributed by atoms with Gasteiger partial charge in [0.2, 0.25) is 0 Å². The molecule has 1 unspecified atom stereocenters. The van der Waals surface area contributed by atoms with Crippen LogP contribution in [0.5, 0.6) is 0 Å². The topological polar surface area (TPSA) is 71.2 Å². The second kappa shape index (κ2) is 5.72. The van der Waals surface area contributed by atoms with Crippen molar-refractivity contribution in [3.63, 3.8) is 0 Å². The minimum Gasteiger partial charge on any atom is -0.388 e.